The molecule has 0 aromatic heterocycles. The van der Waals surface area contributed by atoms with E-state index in [-0.39, 0.29) is 18.6 Å². The topological polar surface area (TPSA) is 65.1 Å². The van der Waals surface area contributed by atoms with Gasteiger partial charge in [0, 0.05) is 12.8 Å². The van der Waals surface area contributed by atoms with Crippen molar-refractivity contribution in [3.05, 3.63) is 71.0 Å². The molecule has 0 radical (unpaired) electrons. The number of carbonyl (C=O) groups is 2. The number of carbonyl (C=O) groups excluding carboxylic acids is 2. The summed E-state index contributed by atoms with van der Waals surface area (Å²) in [4.78, 5) is 28.6. The number of methoxy groups -OCH3 is 1. The molecule has 1 spiro atoms. The lowest BCUT2D eigenvalue weighted by Gasteiger charge is -2.44. The van der Waals surface area contributed by atoms with Gasteiger partial charge >= 0.3 is 6.16 Å². The van der Waals surface area contributed by atoms with Gasteiger partial charge in [-0.3, -0.25) is 9.69 Å². The van der Waals surface area contributed by atoms with Crippen LogP contribution in [0.25, 0.3) is 5.57 Å². The second-order valence-corrected chi connectivity index (χ2v) is 8.75. The van der Waals surface area contributed by atoms with Gasteiger partial charge in [0.25, 0.3) is 5.91 Å². The number of benzene rings is 2. The van der Waals surface area contributed by atoms with Crippen molar-refractivity contribution in [2.75, 3.05) is 18.6 Å². The summed E-state index contributed by atoms with van der Waals surface area (Å²) in [6.07, 6.45) is 2.07. The maximum atomic E-state index is 14.1. The second-order valence-electron chi connectivity index (χ2n) is 8.75. The minimum Gasteiger partial charge on any atom is -0.434 e. The molecule has 1 aliphatic heterocycles. The van der Waals surface area contributed by atoms with Crippen molar-refractivity contribution >= 4 is 23.3 Å². The van der Waals surface area contributed by atoms with E-state index in [9.17, 15) is 9.59 Å². The Kier molecular flexibility index (Phi) is 6.56. The number of nitrogens with zero attached hydrogens (tertiary/aromatic N) is 1. The number of para-hydroxylation sites is 1. The summed E-state index contributed by atoms with van der Waals surface area (Å²) >= 11 is 0. The first-order valence-corrected chi connectivity index (χ1v) is 11.5. The van der Waals surface area contributed by atoms with E-state index >= 15 is 0 Å². The van der Waals surface area contributed by atoms with Crippen molar-refractivity contribution in [2.45, 2.75) is 58.1 Å². The highest BCUT2D eigenvalue weighted by atomic mass is 16.7. The lowest BCUT2D eigenvalue weighted by Crippen LogP contribution is -2.52. The quantitative estimate of drug-likeness (QED) is 0.559. The van der Waals surface area contributed by atoms with E-state index < -0.39 is 11.7 Å². The smallest absolute Gasteiger partial charge is 0.434 e. The predicted octanol–water partition coefficient (Wildman–Crippen LogP) is 5.56. The van der Waals surface area contributed by atoms with E-state index in [1.165, 1.54) is 0 Å². The van der Waals surface area contributed by atoms with Crippen LogP contribution in [0.4, 0.5) is 10.5 Å². The molecule has 0 N–H and O–H groups in total. The van der Waals surface area contributed by atoms with Crippen LogP contribution in [0.1, 0.15) is 49.3 Å². The number of hydrogen-bond donors (Lipinski definition) is 0. The zero-order chi connectivity index (χ0) is 23.6. The monoisotopic (exact) mass is 449 g/mol. The van der Waals surface area contributed by atoms with Gasteiger partial charge in [0.05, 0.1) is 18.3 Å². The van der Waals surface area contributed by atoms with E-state index in [1.807, 2.05) is 67.3 Å². The number of amides is 1. The first-order chi connectivity index (χ1) is 15.9. The summed E-state index contributed by atoms with van der Waals surface area (Å²) in [6.45, 7) is 5.89. The summed E-state index contributed by atoms with van der Waals surface area (Å²) < 4.78 is 16.7. The largest absolute Gasteiger partial charge is 0.513 e. The molecule has 0 bridgehead atoms. The molecule has 174 valence electrons. The molecule has 6 heteroatoms. The number of hydrogen-bond acceptors (Lipinski definition) is 5. The second kappa shape index (κ2) is 9.40. The molecule has 2 aromatic rings. The van der Waals surface area contributed by atoms with Crippen LogP contribution in [0.3, 0.4) is 0 Å². The van der Waals surface area contributed by atoms with Gasteiger partial charge in [-0.05, 0) is 69.7 Å². The molecule has 0 unspecified atom stereocenters. The van der Waals surface area contributed by atoms with Crippen molar-refractivity contribution in [2.24, 2.45) is 0 Å². The van der Waals surface area contributed by atoms with Gasteiger partial charge in [-0.25, -0.2) is 4.79 Å². The summed E-state index contributed by atoms with van der Waals surface area (Å²) in [5.41, 5.74) is 3.19. The van der Waals surface area contributed by atoms with Crippen LogP contribution >= 0.6 is 0 Å². The SMILES string of the molecule is CCOC(=O)OC1=C(c2cc(C)ccc2C)C(=O)N(c2ccccc2)[C@]12CC[C@@H](OC)CC2. The molecule has 6 nitrogen and oxygen atoms in total. The van der Waals surface area contributed by atoms with Gasteiger partial charge in [-0.2, -0.15) is 0 Å². The zero-order valence-electron chi connectivity index (χ0n) is 19.7. The molecule has 1 fully saturated rings. The fourth-order valence-electron chi connectivity index (χ4n) is 5.05. The van der Waals surface area contributed by atoms with Crippen LogP contribution in [-0.4, -0.2) is 37.4 Å². The molecule has 2 aromatic carbocycles. The van der Waals surface area contributed by atoms with Gasteiger partial charge in [-0.1, -0.05) is 42.0 Å². The van der Waals surface area contributed by atoms with Crippen LogP contribution in [0.2, 0.25) is 0 Å². The Bertz CT molecular complexity index is 1070. The van der Waals surface area contributed by atoms with Crippen LogP contribution in [0.5, 0.6) is 0 Å². The molecule has 0 atom stereocenters. The van der Waals surface area contributed by atoms with Crippen LogP contribution in [-0.2, 0) is 19.0 Å². The molecule has 0 saturated heterocycles. The molecule has 1 amide bonds. The van der Waals surface area contributed by atoms with Gasteiger partial charge < -0.3 is 14.2 Å². The summed E-state index contributed by atoms with van der Waals surface area (Å²) in [7, 11) is 1.71. The minimum atomic E-state index is -0.786. The highest BCUT2D eigenvalue weighted by molar-refractivity contribution is 6.31. The summed E-state index contributed by atoms with van der Waals surface area (Å²) in [5.74, 6) is 0.225. The first-order valence-electron chi connectivity index (χ1n) is 11.5. The molecule has 4 rings (SSSR count). The maximum absolute atomic E-state index is 14.1. The van der Waals surface area contributed by atoms with Crippen LogP contribution in [0.15, 0.2) is 54.3 Å². The van der Waals surface area contributed by atoms with E-state index in [2.05, 4.69) is 0 Å². The molecule has 2 aliphatic rings. The van der Waals surface area contributed by atoms with Gasteiger partial charge in [0.2, 0.25) is 0 Å². The fraction of sp³-hybridized carbons (Fsp3) is 0.407. The third-order valence-electron chi connectivity index (χ3n) is 6.71. The van der Waals surface area contributed by atoms with E-state index in [4.69, 9.17) is 14.2 Å². The Morgan fingerprint density at radius 2 is 1.79 bits per heavy atom. The molecular formula is C27H31NO5. The molecule has 1 saturated carbocycles. The third kappa shape index (κ3) is 4.15. The third-order valence-corrected chi connectivity index (χ3v) is 6.71. The standard InChI is InChI=1S/C27H31NO5/c1-5-32-26(30)33-24-23(22-17-18(2)11-12-19(22)3)25(29)28(20-9-7-6-8-10-20)27(24)15-13-21(31-4)14-16-27/h6-12,17,21H,5,13-16H2,1-4H3/t21-,27+. The average Bonchev–Trinajstić information content (AvgIpc) is 3.03. The van der Waals surface area contributed by atoms with E-state index in [0.717, 1.165) is 35.2 Å². The summed E-state index contributed by atoms with van der Waals surface area (Å²) in [5, 5.41) is 0. The van der Waals surface area contributed by atoms with Crippen LogP contribution < -0.4 is 4.90 Å². The van der Waals surface area contributed by atoms with E-state index in [0.29, 0.717) is 24.2 Å². The zero-order valence-corrected chi connectivity index (χ0v) is 19.7. The Morgan fingerprint density at radius 1 is 1.09 bits per heavy atom. The predicted molar refractivity (Wildman–Crippen MR) is 127 cm³/mol. The molecule has 1 heterocycles. The highest BCUT2D eigenvalue weighted by Gasteiger charge is 2.56. The lowest BCUT2D eigenvalue weighted by atomic mass is 9.77. The molecule has 1 aliphatic carbocycles. The lowest BCUT2D eigenvalue weighted by molar-refractivity contribution is -0.114. The normalized spacial score (nSPS) is 22.7. The maximum Gasteiger partial charge on any atom is 0.513 e. The van der Waals surface area contributed by atoms with Crippen molar-refractivity contribution in [1.82, 2.24) is 0 Å². The minimum absolute atomic E-state index is 0.108. The number of aryl methyl sites for hydroxylation is 2. The van der Waals surface area contributed by atoms with Crippen molar-refractivity contribution in [3.63, 3.8) is 0 Å². The van der Waals surface area contributed by atoms with Gasteiger partial charge in [0.15, 0.2) is 5.76 Å². The molecule has 33 heavy (non-hydrogen) atoms. The fourth-order valence-corrected chi connectivity index (χ4v) is 5.05. The number of rotatable bonds is 5. The Labute approximate surface area is 195 Å². The van der Waals surface area contributed by atoms with Crippen molar-refractivity contribution < 1.29 is 23.8 Å². The van der Waals surface area contributed by atoms with Gasteiger partial charge in [-0.15, -0.1) is 0 Å². The average molecular weight is 450 g/mol. The Balaban J connectivity index is 1.94. The number of ether oxygens (including phenoxy) is 3. The highest BCUT2D eigenvalue weighted by Crippen LogP contribution is 2.51. The van der Waals surface area contributed by atoms with Gasteiger partial charge in [0.1, 0.15) is 5.54 Å². The van der Waals surface area contributed by atoms with Crippen molar-refractivity contribution in [3.8, 4) is 0 Å². The molecular weight excluding hydrogens is 418 g/mol. The number of anilines is 1. The Hall–Kier alpha value is -3.12. The van der Waals surface area contributed by atoms with Crippen molar-refractivity contribution in [1.29, 1.82) is 0 Å². The summed E-state index contributed by atoms with van der Waals surface area (Å²) in [6, 6.07) is 15.6. The first kappa shape index (κ1) is 23.1. The van der Waals surface area contributed by atoms with E-state index in [1.54, 1.807) is 14.0 Å². The Morgan fingerprint density at radius 3 is 2.42 bits per heavy atom. The van der Waals surface area contributed by atoms with Crippen LogP contribution in [0, 0.1) is 13.8 Å².